The van der Waals surface area contributed by atoms with Crippen molar-refractivity contribution in [3.05, 3.63) is 23.9 Å². The summed E-state index contributed by atoms with van der Waals surface area (Å²) in [7, 11) is 0. The van der Waals surface area contributed by atoms with Gasteiger partial charge in [0.1, 0.15) is 5.82 Å². The molecule has 0 radical (unpaired) electrons. The summed E-state index contributed by atoms with van der Waals surface area (Å²) in [4.78, 5) is 18.5. The molecule has 2 aliphatic rings. The lowest BCUT2D eigenvalue weighted by Gasteiger charge is -2.16. The molecule has 1 aliphatic heterocycles. The highest BCUT2D eigenvalue weighted by Crippen LogP contribution is 2.19. The van der Waals surface area contributed by atoms with E-state index in [0.717, 1.165) is 44.8 Å². The van der Waals surface area contributed by atoms with Crippen molar-refractivity contribution in [2.75, 3.05) is 31.5 Å². The van der Waals surface area contributed by atoms with E-state index >= 15 is 0 Å². The molecular weight excluding hydrogens is 276 g/mol. The maximum absolute atomic E-state index is 11.7. The summed E-state index contributed by atoms with van der Waals surface area (Å²) in [6, 6.07) is 4.56. The first kappa shape index (κ1) is 15.3. The van der Waals surface area contributed by atoms with Crippen molar-refractivity contribution in [2.24, 2.45) is 5.92 Å². The molecule has 3 rings (SSSR count). The van der Waals surface area contributed by atoms with Crippen molar-refractivity contribution in [3.63, 3.8) is 0 Å². The number of pyridine rings is 1. The Bertz CT molecular complexity index is 515. The van der Waals surface area contributed by atoms with Crippen LogP contribution in [0.4, 0.5) is 5.82 Å². The molecule has 1 aromatic heterocycles. The van der Waals surface area contributed by atoms with E-state index < -0.39 is 0 Å². The van der Waals surface area contributed by atoms with Gasteiger partial charge in [0.05, 0.1) is 0 Å². The molecule has 1 atom stereocenters. The van der Waals surface area contributed by atoms with Crippen molar-refractivity contribution < 1.29 is 4.79 Å². The highest BCUT2D eigenvalue weighted by Gasteiger charge is 2.25. The Morgan fingerprint density at radius 2 is 2.27 bits per heavy atom. The van der Waals surface area contributed by atoms with E-state index in [4.69, 9.17) is 0 Å². The fourth-order valence-corrected chi connectivity index (χ4v) is 2.95. The van der Waals surface area contributed by atoms with Crippen molar-refractivity contribution in [2.45, 2.75) is 38.6 Å². The predicted molar refractivity (Wildman–Crippen MR) is 87.8 cm³/mol. The molecule has 0 bridgehead atoms. The first-order valence-electron chi connectivity index (χ1n) is 8.37. The van der Waals surface area contributed by atoms with Gasteiger partial charge < -0.3 is 15.5 Å². The van der Waals surface area contributed by atoms with Gasteiger partial charge in [-0.15, -0.1) is 0 Å². The molecule has 2 N–H and O–H groups in total. The van der Waals surface area contributed by atoms with Gasteiger partial charge in [-0.2, -0.15) is 0 Å². The average Bonchev–Trinajstić information content (AvgIpc) is 3.19. The Kier molecular flexibility index (Phi) is 4.93. The first-order chi connectivity index (χ1) is 10.7. The zero-order valence-electron chi connectivity index (χ0n) is 13.3. The average molecular weight is 302 g/mol. The number of aryl methyl sites for hydroxylation is 1. The minimum Gasteiger partial charge on any atom is -0.370 e. The number of aromatic nitrogens is 1. The van der Waals surface area contributed by atoms with E-state index in [1.165, 1.54) is 12.0 Å². The fourth-order valence-electron chi connectivity index (χ4n) is 2.95. The second-order valence-corrected chi connectivity index (χ2v) is 6.65. The van der Waals surface area contributed by atoms with E-state index in [0.29, 0.717) is 18.4 Å². The molecular formula is C17H26N4O. The third kappa shape index (κ3) is 4.70. The molecule has 0 aromatic carbocycles. The molecule has 1 saturated heterocycles. The lowest BCUT2D eigenvalue weighted by atomic mass is 10.1. The Balaban J connectivity index is 1.34. The normalized spacial score (nSPS) is 21.8. The van der Waals surface area contributed by atoms with Gasteiger partial charge in [0.15, 0.2) is 0 Å². The van der Waals surface area contributed by atoms with Gasteiger partial charge in [-0.3, -0.25) is 4.79 Å². The van der Waals surface area contributed by atoms with Crippen LogP contribution in [0, 0.1) is 12.8 Å². The summed E-state index contributed by atoms with van der Waals surface area (Å²) < 4.78 is 0. The molecule has 22 heavy (non-hydrogen) atoms. The number of rotatable bonds is 7. The number of carbonyl (C=O) groups excluding carboxylic acids is 1. The third-order valence-corrected chi connectivity index (χ3v) is 4.45. The molecule has 120 valence electrons. The van der Waals surface area contributed by atoms with Crippen molar-refractivity contribution in [1.82, 2.24) is 15.2 Å². The SMILES string of the molecule is Cc1ccnc(NC[C@H]2CCN(CCC(=O)NC3CC3)C2)c1. The monoisotopic (exact) mass is 302 g/mol. The van der Waals surface area contributed by atoms with Crippen LogP contribution in [0.3, 0.4) is 0 Å². The van der Waals surface area contributed by atoms with Gasteiger partial charge in [-0.1, -0.05) is 0 Å². The fraction of sp³-hybridized carbons (Fsp3) is 0.647. The summed E-state index contributed by atoms with van der Waals surface area (Å²) in [6.07, 6.45) is 6.00. The van der Waals surface area contributed by atoms with Gasteiger partial charge in [0.2, 0.25) is 5.91 Å². The Morgan fingerprint density at radius 1 is 1.41 bits per heavy atom. The van der Waals surface area contributed by atoms with E-state index in [-0.39, 0.29) is 5.91 Å². The topological polar surface area (TPSA) is 57.3 Å². The summed E-state index contributed by atoms with van der Waals surface area (Å²) in [5, 5.41) is 6.48. The Morgan fingerprint density at radius 3 is 3.05 bits per heavy atom. The smallest absolute Gasteiger partial charge is 0.221 e. The molecule has 1 saturated carbocycles. The molecule has 0 spiro atoms. The number of amides is 1. The van der Waals surface area contributed by atoms with Crippen molar-refractivity contribution in [3.8, 4) is 0 Å². The van der Waals surface area contributed by atoms with Crippen LogP contribution in [-0.2, 0) is 4.79 Å². The molecule has 1 amide bonds. The minimum absolute atomic E-state index is 0.216. The van der Waals surface area contributed by atoms with E-state index in [9.17, 15) is 4.79 Å². The Hall–Kier alpha value is -1.62. The van der Waals surface area contributed by atoms with Gasteiger partial charge in [0.25, 0.3) is 0 Å². The highest BCUT2D eigenvalue weighted by molar-refractivity contribution is 5.76. The van der Waals surface area contributed by atoms with Gasteiger partial charge >= 0.3 is 0 Å². The number of likely N-dealkylation sites (tertiary alicyclic amines) is 1. The second-order valence-electron chi connectivity index (χ2n) is 6.65. The number of anilines is 1. The summed E-state index contributed by atoms with van der Waals surface area (Å²) in [6.45, 7) is 6.11. The molecule has 1 aromatic rings. The second kappa shape index (κ2) is 7.09. The van der Waals surface area contributed by atoms with Crippen LogP contribution in [0.2, 0.25) is 0 Å². The van der Waals surface area contributed by atoms with Crippen molar-refractivity contribution >= 4 is 11.7 Å². The summed E-state index contributed by atoms with van der Waals surface area (Å²) >= 11 is 0. The number of hydrogen-bond acceptors (Lipinski definition) is 4. The van der Waals surface area contributed by atoms with Crippen LogP contribution in [0.5, 0.6) is 0 Å². The summed E-state index contributed by atoms with van der Waals surface area (Å²) in [5.41, 5.74) is 1.23. The van der Waals surface area contributed by atoms with E-state index in [2.05, 4.69) is 33.5 Å². The molecule has 2 fully saturated rings. The molecule has 2 heterocycles. The van der Waals surface area contributed by atoms with E-state index in [1.54, 1.807) is 0 Å². The molecule has 1 aliphatic carbocycles. The third-order valence-electron chi connectivity index (χ3n) is 4.45. The van der Waals surface area contributed by atoms with Crippen LogP contribution in [0.25, 0.3) is 0 Å². The van der Waals surface area contributed by atoms with Crippen molar-refractivity contribution in [1.29, 1.82) is 0 Å². The van der Waals surface area contributed by atoms with Gasteiger partial charge in [-0.05, 0) is 56.3 Å². The number of carbonyl (C=O) groups is 1. The zero-order chi connectivity index (χ0) is 15.4. The first-order valence-corrected chi connectivity index (χ1v) is 8.37. The standard InChI is InChI=1S/C17H26N4O/c1-13-4-7-18-16(10-13)19-11-14-5-8-21(12-14)9-6-17(22)20-15-2-3-15/h4,7,10,14-15H,2-3,5-6,8-9,11-12H2,1H3,(H,18,19)(H,20,22)/t14-/m1/s1. The van der Waals surface area contributed by atoms with Crippen LogP contribution in [0.15, 0.2) is 18.3 Å². The molecule has 5 nitrogen and oxygen atoms in total. The largest absolute Gasteiger partial charge is 0.370 e. The lowest BCUT2D eigenvalue weighted by Crippen LogP contribution is -2.31. The van der Waals surface area contributed by atoms with Crippen LogP contribution < -0.4 is 10.6 Å². The predicted octanol–water partition coefficient (Wildman–Crippen LogP) is 1.79. The lowest BCUT2D eigenvalue weighted by molar-refractivity contribution is -0.121. The van der Waals surface area contributed by atoms with E-state index in [1.807, 2.05) is 12.3 Å². The van der Waals surface area contributed by atoms with Gasteiger partial charge in [-0.25, -0.2) is 4.98 Å². The number of hydrogen-bond donors (Lipinski definition) is 2. The molecule has 5 heteroatoms. The zero-order valence-corrected chi connectivity index (χ0v) is 13.3. The van der Waals surface area contributed by atoms with Crippen LogP contribution in [0.1, 0.15) is 31.2 Å². The maximum atomic E-state index is 11.7. The maximum Gasteiger partial charge on any atom is 0.221 e. The molecule has 0 unspecified atom stereocenters. The highest BCUT2D eigenvalue weighted by atomic mass is 16.1. The summed E-state index contributed by atoms with van der Waals surface area (Å²) in [5.74, 6) is 1.82. The van der Waals surface area contributed by atoms with Crippen LogP contribution >= 0.6 is 0 Å². The quantitative estimate of drug-likeness (QED) is 0.806. The van der Waals surface area contributed by atoms with Crippen LogP contribution in [-0.4, -0.2) is 48.0 Å². The Labute approximate surface area is 132 Å². The van der Waals surface area contributed by atoms with Gasteiger partial charge in [0, 0.05) is 38.3 Å². The number of nitrogens with zero attached hydrogens (tertiary/aromatic N) is 2. The minimum atomic E-state index is 0.216. The number of nitrogens with one attached hydrogen (secondary N) is 2.